The zero-order valence-electron chi connectivity index (χ0n) is 10.5. The van der Waals surface area contributed by atoms with E-state index in [-0.39, 0.29) is 0 Å². The van der Waals surface area contributed by atoms with Crippen molar-refractivity contribution in [1.82, 2.24) is 4.98 Å². The van der Waals surface area contributed by atoms with Crippen molar-refractivity contribution in [2.75, 3.05) is 11.5 Å². The smallest absolute Gasteiger partial charge is 0.287 e. The largest absolute Gasteiger partial charge is 0.430 e. The molecule has 1 aromatic carbocycles. The molecule has 2 N–H and O–H groups in total. The number of anilines is 1. The van der Waals surface area contributed by atoms with Crippen LogP contribution in [0.5, 0.6) is 0 Å². The quantitative estimate of drug-likeness (QED) is 0.644. The molecule has 1 heterocycles. The van der Waals surface area contributed by atoms with Gasteiger partial charge in [-0.3, -0.25) is 0 Å². The Labute approximate surface area is 109 Å². The first-order chi connectivity index (χ1) is 8.70. The first-order valence-corrected chi connectivity index (χ1v) is 7.57. The van der Waals surface area contributed by atoms with Gasteiger partial charge in [-0.05, 0) is 18.6 Å². The highest BCUT2D eigenvalue weighted by atomic mass is 32.2. The van der Waals surface area contributed by atoms with Crippen molar-refractivity contribution in [2.45, 2.75) is 37.8 Å². The predicted molar refractivity (Wildman–Crippen MR) is 73.8 cm³/mol. The van der Waals surface area contributed by atoms with Gasteiger partial charge in [-0.25, -0.2) is 9.19 Å². The maximum atomic E-state index is 12.0. The molecule has 0 fully saturated rings. The molecule has 0 aliphatic rings. The van der Waals surface area contributed by atoms with E-state index in [1.54, 1.807) is 18.2 Å². The first kappa shape index (κ1) is 13.1. The molecule has 18 heavy (non-hydrogen) atoms. The van der Waals surface area contributed by atoms with Crippen LogP contribution < -0.4 is 5.73 Å². The summed E-state index contributed by atoms with van der Waals surface area (Å²) in [7, 11) is -1.14. The number of nitrogens with two attached hydrogens (primary N) is 1. The molecule has 0 amide bonds. The van der Waals surface area contributed by atoms with E-state index < -0.39 is 10.8 Å². The number of oxazole rings is 1. The molecule has 0 aliphatic carbocycles. The molecule has 1 atom stereocenters. The lowest BCUT2D eigenvalue weighted by Crippen LogP contribution is -1.98. The fourth-order valence-electron chi connectivity index (χ4n) is 1.76. The molecule has 1 unspecified atom stereocenters. The van der Waals surface area contributed by atoms with Crippen LogP contribution in [-0.2, 0) is 10.8 Å². The second-order valence-electron chi connectivity index (χ2n) is 4.32. The van der Waals surface area contributed by atoms with Crippen LogP contribution in [0.4, 0.5) is 5.69 Å². The van der Waals surface area contributed by atoms with Crippen LogP contribution in [0.25, 0.3) is 11.1 Å². The molecule has 0 spiro atoms. The van der Waals surface area contributed by atoms with Gasteiger partial charge in [0, 0.05) is 17.5 Å². The number of hydrogen-bond acceptors (Lipinski definition) is 4. The highest BCUT2D eigenvalue weighted by Gasteiger charge is 2.12. The van der Waals surface area contributed by atoms with E-state index in [4.69, 9.17) is 10.2 Å². The van der Waals surface area contributed by atoms with Crippen LogP contribution in [0.3, 0.4) is 0 Å². The molecule has 4 nitrogen and oxygen atoms in total. The average Bonchev–Trinajstić information content (AvgIpc) is 2.77. The van der Waals surface area contributed by atoms with E-state index in [9.17, 15) is 4.21 Å². The number of nitrogen functional groups attached to an aromatic ring is 1. The summed E-state index contributed by atoms with van der Waals surface area (Å²) in [6.45, 7) is 2.15. The number of hydrogen-bond donors (Lipinski definition) is 1. The molecule has 98 valence electrons. The summed E-state index contributed by atoms with van der Waals surface area (Å²) >= 11 is 0. The summed E-state index contributed by atoms with van der Waals surface area (Å²) in [5.74, 6) is 0.613. The maximum Gasteiger partial charge on any atom is 0.287 e. The average molecular weight is 266 g/mol. The summed E-state index contributed by atoms with van der Waals surface area (Å²) in [5.41, 5.74) is 7.60. The summed E-state index contributed by atoms with van der Waals surface area (Å²) in [5, 5.41) is 0.312. The Balaban J connectivity index is 2.04. The first-order valence-electron chi connectivity index (χ1n) is 6.25. The highest BCUT2D eigenvalue weighted by molar-refractivity contribution is 7.84. The SMILES string of the molecule is CCCCCCS(=O)c1nc2ccc(N)cc2o1. The van der Waals surface area contributed by atoms with E-state index in [1.807, 2.05) is 0 Å². The standard InChI is InChI=1S/C13H18N2O2S/c1-2-3-4-5-8-18(16)13-15-11-7-6-10(14)9-12(11)17-13/h6-7,9H,2-5,8,14H2,1H3. The molecule has 0 saturated carbocycles. The number of rotatable bonds is 6. The molecule has 0 radical (unpaired) electrons. The van der Waals surface area contributed by atoms with Crippen LogP contribution in [0.15, 0.2) is 27.8 Å². The van der Waals surface area contributed by atoms with E-state index in [0.717, 1.165) is 12.8 Å². The third kappa shape index (κ3) is 3.10. The Morgan fingerprint density at radius 2 is 2.17 bits per heavy atom. The third-order valence-corrected chi connectivity index (χ3v) is 3.99. The van der Waals surface area contributed by atoms with Gasteiger partial charge in [0.25, 0.3) is 5.22 Å². The summed E-state index contributed by atoms with van der Waals surface area (Å²) < 4.78 is 17.5. The lowest BCUT2D eigenvalue weighted by atomic mass is 10.2. The van der Waals surface area contributed by atoms with Crippen LogP contribution in [-0.4, -0.2) is 14.9 Å². The fraction of sp³-hybridized carbons (Fsp3) is 0.462. The lowest BCUT2D eigenvalue weighted by molar-refractivity contribution is 0.477. The van der Waals surface area contributed by atoms with Crippen molar-refractivity contribution in [1.29, 1.82) is 0 Å². The Morgan fingerprint density at radius 3 is 2.94 bits per heavy atom. The van der Waals surface area contributed by atoms with E-state index in [1.165, 1.54) is 12.8 Å². The summed E-state index contributed by atoms with van der Waals surface area (Å²) in [4.78, 5) is 4.23. The molecule has 2 aromatic rings. The van der Waals surface area contributed by atoms with Gasteiger partial charge in [-0.15, -0.1) is 0 Å². The Kier molecular flexibility index (Phi) is 4.36. The second kappa shape index (κ2) is 6.00. The molecule has 0 aliphatic heterocycles. The normalized spacial score (nSPS) is 12.9. The van der Waals surface area contributed by atoms with Crippen molar-refractivity contribution < 1.29 is 8.63 Å². The fourth-order valence-corrected chi connectivity index (χ4v) is 2.79. The highest BCUT2D eigenvalue weighted by Crippen LogP contribution is 2.20. The Morgan fingerprint density at radius 1 is 1.33 bits per heavy atom. The summed E-state index contributed by atoms with van der Waals surface area (Å²) in [6, 6.07) is 5.25. The molecule has 0 bridgehead atoms. The Bertz CT molecular complexity index is 551. The number of aromatic nitrogens is 1. The van der Waals surface area contributed by atoms with E-state index in [0.29, 0.717) is 27.8 Å². The van der Waals surface area contributed by atoms with Crippen LogP contribution in [0.1, 0.15) is 32.6 Å². The second-order valence-corrected chi connectivity index (χ2v) is 5.77. The molecular formula is C13H18N2O2S. The van der Waals surface area contributed by atoms with Crippen LogP contribution >= 0.6 is 0 Å². The van der Waals surface area contributed by atoms with Gasteiger partial charge in [-0.2, -0.15) is 0 Å². The predicted octanol–water partition coefficient (Wildman–Crippen LogP) is 3.10. The zero-order valence-corrected chi connectivity index (χ0v) is 11.3. The van der Waals surface area contributed by atoms with Crippen molar-refractivity contribution in [3.8, 4) is 0 Å². The van der Waals surface area contributed by atoms with E-state index in [2.05, 4.69) is 11.9 Å². The molecule has 1 aromatic heterocycles. The van der Waals surface area contributed by atoms with Crippen molar-refractivity contribution in [3.05, 3.63) is 18.2 Å². The zero-order chi connectivity index (χ0) is 13.0. The molecular weight excluding hydrogens is 248 g/mol. The third-order valence-electron chi connectivity index (χ3n) is 2.77. The van der Waals surface area contributed by atoms with Gasteiger partial charge in [0.15, 0.2) is 5.58 Å². The maximum absolute atomic E-state index is 12.0. The van der Waals surface area contributed by atoms with Crippen molar-refractivity contribution in [2.24, 2.45) is 0 Å². The van der Waals surface area contributed by atoms with Crippen LogP contribution in [0.2, 0.25) is 0 Å². The molecule has 2 rings (SSSR count). The number of fused-ring (bicyclic) bond motifs is 1. The van der Waals surface area contributed by atoms with Crippen molar-refractivity contribution in [3.63, 3.8) is 0 Å². The Hall–Kier alpha value is -1.36. The number of benzene rings is 1. The van der Waals surface area contributed by atoms with Crippen molar-refractivity contribution >= 4 is 27.6 Å². The summed E-state index contributed by atoms with van der Waals surface area (Å²) in [6.07, 6.45) is 4.41. The van der Waals surface area contributed by atoms with Gasteiger partial charge >= 0.3 is 0 Å². The van der Waals surface area contributed by atoms with Crippen LogP contribution in [0, 0.1) is 0 Å². The van der Waals surface area contributed by atoms with Gasteiger partial charge in [0.05, 0.1) is 0 Å². The van der Waals surface area contributed by atoms with Gasteiger partial charge < -0.3 is 10.2 Å². The minimum Gasteiger partial charge on any atom is -0.430 e. The minimum atomic E-state index is -1.14. The lowest BCUT2D eigenvalue weighted by Gasteiger charge is -1.97. The van der Waals surface area contributed by atoms with Gasteiger partial charge in [0.2, 0.25) is 0 Å². The molecule has 5 heteroatoms. The minimum absolute atomic E-state index is 0.312. The number of nitrogens with zero attached hydrogens (tertiary/aromatic N) is 1. The topological polar surface area (TPSA) is 69.1 Å². The van der Waals surface area contributed by atoms with E-state index >= 15 is 0 Å². The van der Waals surface area contributed by atoms with Gasteiger partial charge in [-0.1, -0.05) is 26.2 Å². The van der Waals surface area contributed by atoms with Gasteiger partial charge in [0.1, 0.15) is 16.3 Å². The monoisotopic (exact) mass is 266 g/mol. The number of unbranched alkanes of at least 4 members (excludes halogenated alkanes) is 3. The molecule has 0 saturated heterocycles.